The van der Waals surface area contributed by atoms with Crippen molar-refractivity contribution in [2.75, 3.05) is 33.4 Å². The Morgan fingerprint density at radius 3 is 2.57 bits per heavy atom. The first kappa shape index (κ1) is 17.8. The largest absolute Gasteiger partial charge is 0.493 e. The Hall–Kier alpha value is -1.55. The highest BCUT2D eigenvalue weighted by molar-refractivity contribution is 5.76. The molecule has 0 saturated carbocycles. The van der Waals surface area contributed by atoms with Crippen LogP contribution in [0.4, 0.5) is 0 Å². The van der Waals surface area contributed by atoms with Crippen LogP contribution in [0.15, 0.2) is 18.2 Å². The molecule has 1 aliphatic heterocycles. The Kier molecular flexibility index (Phi) is 6.90. The average Bonchev–Trinajstić information content (AvgIpc) is 2.53. The van der Waals surface area contributed by atoms with Crippen molar-refractivity contribution >= 4 is 6.29 Å². The van der Waals surface area contributed by atoms with E-state index in [1.807, 2.05) is 0 Å². The minimum atomic E-state index is 0.600. The first-order chi connectivity index (χ1) is 11.1. The molecule has 128 valence electrons. The Labute approximate surface area is 139 Å². The van der Waals surface area contributed by atoms with Crippen LogP contribution in [0.3, 0.4) is 0 Å². The lowest BCUT2D eigenvalue weighted by atomic mass is 9.92. The maximum Gasteiger partial charge on any atom is 0.161 e. The van der Waals surface area contributed by atoms with Crippen LogP contribution in [0.1, 0.15) is 43.5 Å². The van der Waals surface area contributed by atoms with E-state index in [1.54, 1.807) is 25.3 Å². The number of carbonyl (C=O) groups is 1. The molecule has 0 radical (unpaired) electrons. The molecule has 0 spiro atoms. The first-order valence-corrected chi connectivity index (χ1v) is 8.60. The van der Waals surface area contributed by atoms with Gasteiger partial charge >= 0.3 is 0 Å². The van der Waals surface area contributed by atoms with E-state index in [0.29, 0.717) is 23.7 Å². The molecule has 0 aliphatic carbocycles. The molecule has 0 aromatic heterocycles. The molecule has 1 aliphatic rings. The van der Waals surface area contributed by atoms with Gasteiger partial charge in [-0.25, -0.2) is 0 Å². The Morgan fingerprint density at radius 1 is 1.17 bits per heavy atom. The van der Waals surface area contributed by atoms with Crippen molar-refractivity contribution in [3.8, 4) is 11.5 Å². The Morgan fingerprint density at radius 2 is 1.91 bits per heavy atom. The number of nitrogens with zero attached hydrogens (tertiary/aromatic N) is 1. The summed E-state index contributed by atoms with van der Waals surface area (Å²) in [7, 11) is 1.59. The lowest BCUT2D eigenvalue weighted by Gasteiger charge is -2.34. The van der Waals surface area contributed by atoms with Gasteiger partial charge in [0.1, 0.15) is 6.29 Å². The second kappa shape index (κ2) is 8.92. The zero-order valence-corrected chi connectivity index (χ0v) is 14.6. The Balaban J connectivity index is 1.70. The number of carbonyl (C=O) groups excluding carboxylic acids is 1. The number of unbranched alkanes of at least 4 members (excludes halogenated alkanes) is 1. The molecule has 2 rings (SSSR count). The average molecular weight is 319 g/mol. The molecule has 4 heteroatoms. The third kappa shape index (κ3) is 5.54. The van der Waals surface area contributed by atoms with Gasteiger partial charge < -0.3 is 14.4 Å². The third-order valence-electron chi connectivity index (χ3n) is 4.39. The van der Waals surface area contributed by atoms with E-state index >= 15 is 0 Å². The minimum absolute atomic E-state index is 0.600. The summed E-state index contributed by atoms with van der Waals surface area (Å²) < 4.78 is 11.1. The summed E-state index contributed by atoms with van der Waals surface area (Å²) in [6.07, 6.45) is 4.34. The molecule has 23 heavy (non-hydrogen) atoms. The van der Waals surface area contributed by atoms with Crippen molar-refractivity contribution in [2.45, 2.75) is 33.1 Å². The van der Waals surface area contributed by atoms with Crippen LogP contribution in [0, 0.1) is 11.8 Å². The summed E-state index contributed by atoms with van der Waals surface area (Å²) in [4.78, 5) is 13.4. The minimum Gasteiger partial charge on any atom is -0.493 e. The van der Waals surface area contributed by atoms with Crippen LogP contribution in [0.2, 0.25) is 0 Å². The van der Waals surface area contributed by atoms with Gasteiger partial charge in [0.25, 0.3) is 0 Å². The van der Waals surface area contributed by atoms with Gasteiger partial charge in [-0.3, -0.25) is 4.79 Å². The summed E-state index contributed by atoms with van der Waals surface area (Å²) in [5.74, 6) is 2.96. The van der Waals surface area contributed by atoms with Gasteiger partial charge in [0, 0.05) is 18.7 Å². The number of rotatable bonds is 8. The number of ether oxygens (including phenoxy) is 2. The van der Waals surface area contributed by atoms with E-state index in [0.717, 1.165) is 37.5 Å². The zero-order valence-electron chi connectivity index (χ0n) is 14.6. The van der Waals surface area contributed by atoms with E-state index in [-0.39, 0.29) is 0 Å². The molecule has 2 unspecified atom stereocenters. The van der Waals surface area contributed by atoms with Crippen molar-refractivity contribution in [3.63, 3.8) is 0 Å². The summed E-state index contributed by atoms with van der Waals surface area (Å²) >= 11 is 0. The first-order valence-electron chi connectivity index (χ1n) is 8.60. The fourth-order valence-corrected chi connectivity index (χ4v) is 3.47. The highest BCUT2D eigenvalue weighted by Crippen LogP contribution is 2.27. The van der Waals surface area contributed by atoms with Crippen LogP contribution < -0.4 is 9.47 Å². The molecule has 1 saturated heterocycles. The molecule has 4 nitrogen and oxygen atoms in total. The number of likely N-dealkylation sites (tertiary alicyclic amines) is 1. The highest BCUT2D eigenvalue weighted by atomic mass is 16.5. The molecular weight excluding hydrogens is 290 g/mol. The van der Waals surface area contributed by atoms with Crippen molar-refractivity contribution in [3.05, 3.63) is 23.8 Å². The topological polar surface area (TPSA) is 38.8 Å². The monoisotopic (exact) mass is 319 g/mol. The van der Waals surface area contributed by atoms with E-state index in [9.17, 15) is 4.79 Å². The number of hydrogen-bond donors (Lipinski definition) is 0. The van der Waals surface area contributed by atoms with E-state index < -0.39 is 0 Å². The quantitative estimate of drug-likeness (QED) is 0.541. The van der Waals surface area contributed by atoms with Gasteiger partial charge in [0.2, 0.25) is 0 Å². The van der Waals surface area contributed by atoms with Crippen molar-refractivity contribution in [1.29, 1.82) is 0 Å². The fourth-order valence-electron chi connectivity index (χ4n) is 3.47. The Bertz CT molecular complexity index is 493. The summed E-state index contributed by atoms with van der Waals surface area (Å²) in [5, 5.41) is 0. The van der Waals surface area contributed by atoms with Crippen LogP contribution in [0.5, 0.6) is 11.5 Å². The second-order valence-electron chi connectivity index (χ2n) is 6.79. The van der Waals surface area contributed by atoms with Crippen LogP contribution in [-0.4, -0.2) is 44.5 Å². The van der Waals surface area contributed by atoms with E-state index in [1.165, 1.54) is 19.5 Å². The number of aldehydes is 1. The van der Waals surface area contributed by atoms with Gasteiger partial charge in [0.05, 0.1) is 13.7 Å². The standard InChI is InChI=1S/C19H29NO3/c1-15-10-16(2)13-20(12-15)8-4-5-9-23-18-7-6-17(14-21)11-19(18)22-3/h6-7,11,14-16H,4-5,8-10,12-13H2,1-3H3. The van der Waals surface area contributed by atoms with Crippen molar-refractivity contribution < 1.29 is 14.3 Å². The lowest BCUT2D eigenvalue weighted by molar-refractivity contribution is 0.112. The maximum absolute atomic E-state index is 10.8. The SMILES string of the molecule is COc1cc(C=O)ccc1OCCCCN1CC(C)CC(C)C1. The predicted molar refractivity (Wildman–Crippen MR) is 92.5 cm³/mol. The number of hydrogen-bond acceptors (Lipinski definition) is 4. The van der Waals surface area contributed by atoms with Gasteiger partial charge in [0.15, 0.2) is 11.5 Å². The fraction of sp³-hybridized carbons (Fsp3) is 0.632. The van der Waals surface area contributed by atoms with Gasteiger partial charge in [-0.05, 0) is 55.8 Å². The predicted octanol–water partition coefficient (Wildman–Crippen LogP) is 3.64. The van der Waals surface area contributed by atoms with Crippen molar-refractivity contribution in [2.24, 2.45) is 11.8 Å². The van der Waals surface area contributed by atoms with E-state index in [2.05, 4.69) is 18.7 Å². The summed E-state index contributed by atoms with van der Waals surface area (Å²) in [6.45, 7) is 8.98. The van der Waals surface area contributed by atoms with Gasteiger partial charge in [-0.15, -0.1) is 0 Å². The van der Waals surface area contributed by atoms with Crippen LogP contribution in [-0.2, 0) is 0 Å². The smallest absolute Gasteiger partial charge is 0.161 e. The van der Waals surface area contributed by atoms with Crippen molar-refractivity contribution in [1.82, 2.24) is 4.90 Å². The molecule has 1 aromatic rings. The van der Waals surface area contributed by atoms with Gasteiger partial charge in [-0.2, -0.15) is 0 Å². The van der Waals surface area contributed by atoms with Crippen LogP contribution in [0.25, 0.3) is 0 Å². The van der Waals surface area contributed by atoms with Gasteiger partial charge in [-0.1, -0.05) is 13.8 Å². The molecule has 1 heterocycles. The number of methoxy groups -OCH3 is 1. The maximum atomic E-state index is 10.8. The molecule has 1 fully saturated rings. The molecule has 1 aromatic carbocycles. The normalized spacial score (nSPS) is 21.9. The second-order valence-corrected chi connectivity index (χ2v) is 6.79. The number of piperidine rings is 1. The highest BCUT2D eigenvalue weighted by Gasteiger charge is 2.20. The molecule has 0 N–H and O–H groups in total. The lowest BCUT2D eigenvalue weighted by Crippen LogP contribution is -2.39. The summed E-state index contributed by atoms with van der Waals surface area (Å²) in [5.41, 5.74) is 0.600. The van der Waals surface area contributed by atoms with Crippen LogP contribution >= 0.6 is 0 Å². The number of benzene rings is 1. The zero-order chi connectivity index (χ0) is 16.7. The third-order valence-corrected chi connectivity index (χ3v) is 4.39. The molecular formula is C19H29NO3. The molecule has 2 atom stereocenters. The summed E-state index contributed by atoms with van der Waals surface area (Å²) in [6, 6.07) is 5.26. The molecule has 0 bridgehead atoms. The van der Waals surface area contributed by atoms with E-state index in [4.69, 9.17) is 9.47 Å². The molecule has 0 amide bonds.